The predicted molar refractivity (Wildman–Crippen MR) is 67.9 cm³/mol. The maximum atomic E-state index is 13.1. The van der Waals surface area contributed by atoms with Crippen LogP contribution in [-0.2, 0) is 4.79 Å². The summed E-state index contributed by atoms with van der Waals surface area (Å²) in [4.78, 5) is 24.1. The minimum atomic E-state index is -1.06. The fraction of sp³-hybridized carbons (Fsp3) is 0.333. The number of carbonyl (C=O) groups is 2. The number of likely N-dealkylation sites (N-methyl/N-ethyl adjacent to an activating group) is 1. The van der Waals surface area contributed by atoms with Gasteiger partial charge in [-0.3, -0.25) is 4.79 Å². The zero-order chi connectivity index (χ0) is 13.9. The van der Waals surface area contributed by atoms with Crippen LogP contribution in [0.25, 0.3) is 0 Å². The molecular weight excluding hydrogens is 305 g/mol. The standard InChI is InChI=1S/C12H13BrFNO3/c1-3-10(12(17)18)15(2)11(16)7-4-5-9(14)8(13)6-7/h4-6,10H,3H2,1-2H3,(H,17,18). The Morgan fingerprint density at radius 1 is 1.50 bits per heavy atom. The molecule has 0 spiro atoms. The molecule has 1 amide bonds. The van der Waals surface area contributed by atoms with Crippen molar-refractivity contribution in [2.45, 2.75) is 19.4 Å². The van der Waals surface area contributed by atoms with Gasteiger partial charge in [0.05, 0.1) is 4.47 Å². The molecule has 0 aliphatic heterocycles. The molecule has 6 heteroatoms. The third-order valence-corrected chi connectivity index (χ3v) is 3.23. The highest BCUT2D eigenvalue weighted by molar-refractivity contribution is 9.10. The Bertz CT molecular complexity index is 478. The quantitative estimate of drug-likeness (QED) is 0.928. The molecule has 0 aliphatic carbocycles. The van der Waals surface area contributed by atoms with E-state index in [1.54, 1.807) is 6.92 Å². The number of hydrogen-bond donors (Lipinski definition) is 1. The predicted octanol–water partition coefficient (Wildman–Crippen LogP) is 2.52. The number of aliphatic carboxylic acids is 1. The van der Waals surface area contributed by atoms with Gasteiger partial charge in [-0.1, -0.05) is 6.92 Å². The second-order valence-corrected chi connectivity index (χ2v) is 4.66. The molecule has 98 valence electrons. The Balaban J connectivity index is 2.99. The number of carbonyl (C=O) groups excluding carboxylic acids is 1. The first kappa shape index (κ1) is 14.6. The van der Waals surface area contributed by atoms with Gasteiger partial charge in [0, 0.05) is 12.6 Å². The second kappa shape index (κ2) is 5.95. The minimum Gasteiger partial charge on any atom is -0.480 e. The number of halogens is 2. The molecule has 1 unspecified atom stereocenters. The minimum absolute atomic E-state index is 0.171. The van der Waals surface area contributed by atoms with E-state index in [1.807, 2.05) is 0 Å². The number of amides is 1. The Labute approximate surface area is 113 Å². The summed E-state index contributed by atoms with van der Waals surface area (Å²) in [7, 11) is 1.42. The van der Waals surface area contributed by atoms with Crippen LogP contribution in [-0.4, -0.2) is 35.0 Å². The zero-order valence-electron chi connectivity index (χ0n) is 9.98. The molecule has 1 aromatic carbocycles. The van der Waals surface area contributed by atoms with Crippen molar-refractivity contribution in [2.24, 2.45) is 0 Å². The summed E-state index contributed by atoms with van der Waals surface area (Å²) >= 11 is 2.98. The van der Waals surface area contributed by atoms with Crippen molar-refractivity contribution in [1.82, 2.24) is 4.90 Å². The van der Waals surface area contributed by atoms with Crippen LogP contribution in [0.5, 0.6) is 0 Å². The van der Waals surface area contributed by atoms with Crippen molar-refractivity contribution in [3.8, 4) is 0 Å². The van der Waals surface area contributed by atoms with Crippen LogP contribution >= 0.6 is 15.9 Å². The van der Waals surface area contributed by atoms with Crippen molar-refractivity contribution in [3.63, 3.8) is 0 Å². The molecule has 4 nitrogen and oxygen atoms in total. The third kappa shape index (κ3) is 3.07. The van der Waals surface area contributed by atoms with E-state index in [0.29, 0.717) is 6.42 Å². The number of carboxylic acid groups (broad SMARTS) is 1. The van der Waals surface area contributed by atoms with Gasteiger partial charge in [0.2, 0.25) is 0 Å². The molecule has 1 atom stereocenters. The maximum absolute atomic E-state index is 13.1. The molecule has 1 aromatic rings. The van der Waals surface area contributed by atoms with E-state index in [0.717, 1.165) is 11.0 Å². The second-order valence-electron chi connectivity index (χ2n) is 3.81. The SMILES string of the molecule is CCC(C(=O)O)N(C)C(=O)c1ccc(F)c(Br)c1. The van der Waals surface area contributed by atoms with Gasteiger partial charge < -0.3 is 10.0 Å². The van der Waals surface area contributed by atoms with E-state index >= 15 is 0 Å². The number of nitrogens with zero attached hydrogens (tertiary/aromatic N) is 1. The molecule has 18 heavy (non-hydrogen) atoms. The van der Waals surface area contributed by atoms with Crippen LogP contribution in [0.2, 0.25) is 0 Å². The molecule has 0 radical (unpaired) electrons. The summed E-state index contributed by atoms with van der Waals surface area (Å²) in [5, 5.41) is 8.98. The van der Waals surface area contributed by atoms with Crippen LogP contribution < -0.4 is 0 Å². The van der Waals surface area contributed by atoms with Crippen molar-refractivity contribution in [3.05, 3.63) is 34.1 Å². The summed E-state index contributed by atoms with van der Waals surface area (Å²) in [5.74, 6) is -1.99. The molecule has 0 saturated carbocycles. The number of hydrogen-bond acceptors (Lipinski definition) is 2. The van der Waals surface area contributed by atoms with Crippen molar-refractivity contribution in [1.29, 1.82) is 0 Å². The first-order valence-corrected chi connectivity index (χ1v) is 6.12. The molecule has 0 aromatic heterocycles. The van der Waals surface area contributed by atoms with E-state index in [-0.39, 0.29) is 10.0 Å². The van der Waals surface area contributed by atoms with Crippen LogP contribution in [0.3, 0.4) is 0 Å². The van der Waals surface area contributed by atoms with Crippen LogP contribution in [0, 0.1) is 5.82 Å². The largest absolute Gasteiger partial charge is 0.480 e. The fourth-order valence-electron chi connectivity index (χ4n) is 1.59. The van der Waals surface area contributed by atoms with Crippen LogP contribution in [0.15, 0.2) is 22.7 Å². The van der Waals surface area contributed by atoms with Crippen molar-refractivity contribution >= 4 is 27.8 Å². The van der Waals surface area contributed by atoms with Gasteiger partial charge in [0.25, 0.3) is 5.91 Å². The monoisotopic (exact) mass is 317 g/mol. The van der Waals surface area contributed by atoms with E-state index in [9.17, 15) is 14.0 Å². The molecule has 0 heterocycles. The summed E-state index contributed by atoms with van der Waals surface area (Å²) < 4.78 is 13.2. The van der Waals surface area contributed by atoms with Crippen molar-refractivity contribution < 1.29 is 19.1 Å². The summed E-state index contributed by atoms with van der Waals surface area (Å²) in [5.41, 5.74) is 0.241. The molecule has 0 bridgehead atoms. The first-order chi connectivity index (χ1) is 8.38. The van der Waals surface area contributed by atoms with Gasteiger partial charge in [0.1, 0.15) is 11.9 Å². The van der Waals surface area contributed by atoms with Gasteiger partial charge in [-0.15, -0.1) is 0 Å². The summed E-state index contributed by atoms with van der Waals surface area (Å²) in [6, 6.07) is 2.93. The van der Waals surface area contributed by atoms with Crippen molar-refractivity contribution in [2.75, 3.05) is 7.05 Å². The molecule has 0 saturated heterocycles. The Kier molecular flexibility index (Phi) is 4.84. The lowest BCUT2D eigenvalue weighted by Gasteiger charge is -2.23. The molecule has 0 aliphatic rings. The third-order valence-electron chi connectivity index (χ3n) is 2.63. The lowest BCUT2D eigenvalue weighted by molar-refractivity contribution is -0.142. The van der Waals surface area contributed by atoms with Gasteiger partial charge in [-0.05, 0) is 40.5 Å². The van der Waals surface area contributed by atoms with E-state index < -0.39 is 23.7 Å². The smallest absolute Gasteiger partial charge is 0.326 e. The van der Waals surface area contributed by atoms with Crippen LogP contribution in [0.1, 0.15) is 23.7 Å². The Hall–Kier alpha value is -1.43. The Morgan fingerprint density at radius 2 is 2.11 bits per heavy atom. The van der Waals surface area contributed by atoms with Gasteiger partial charge >= 0.3 is 5.97 Å². The lowest BCUT2D eigenvalue weighted by atomic mass is 10.1. The molecule has 1 N–H and O–H groups in total. The average molecular weight is 318 g/mol. The average Bonchev–Trinajstić information content (AvgIpc) is 2.32. The number of benzene rings is 1. The molecule has 0 fully saturated rings. The highest BCUT2D eigenvalue weighted by Gasteiger charge is 2.25. The molecule has 1 rings (SSSR count). The zero-order valence-corrected chi connectivity index (χ0v) is 11.6. The lowest BCUT2D eigenvalue weighted by Crippen LogP contribution is -2.41. The van der Waals surface area contributed by atoms with Gasteiger partial charge in [-0.2, -0.15) is 0 Å². The maximum Gasteiger partial charge on any atom is 0.326 e. The first-order valence-electron chi connectivity index (χ1n) is 5.33. The highest BCUT2D eigenvalue weighted by Crippen LogP contribution is 2.18. The topological polar surface area (TPSA) is 57.6 Å². The molecular formula is C12H13BrFNO3. The normalized spacial score (nSPS) is 12.0. The van der Waals surface area contributed by atoms with E-state index in [1.165, 1.54) is 19.2 Å². The van der Waals surface area contributed by atoms with Crippen LogP contribution in [0.4, 0.5) is 4.39 Å². The summed E-state index contributed by atoms with van der Waals surface area (Å²) in [6.07, 6.45) is 0.305. The van der Waals surface area contributed by atoms with E-state index in [4.69, 9.17) is 5.11 Å². The Morgan fingerprint density at radius 3 is 2.56 bits per heavy atom. The van der Waals surface area contributed by atoms with Gasteiger partial charge in [0.15, 0.2) is 0 Å². The number of carboxylic acids is 1. The summed E-state index contributed by atoms with van der Waals surface area (Å²) in [6.45, 7) is 1.68. The van der Waals surface area contributed by atoms with Gasteiger partial charge in [-0.25, -0.2) is 9.18 Å². The number of rotatable bonds is 4. The highest BCUT2D eigenvalue weighted by atomic mass is 79.9. The van der Waals surface area contributed by atoms with E-state index in [2.05, 4.69) is 15.9 Å². The fourth-order valence-corrected chi connectivity index (χ4v) is 1.97.